The number of urea groups is 1. The largest absolute Gasteiger partial charge is 0.497 e. The predicted octanol–water partition coefficient (Wildman–Crippen LogP) is 3.22. The van der Waals surface area contributed by atoms with Crippen LogP contribution in [0.1, 0.15) is 15.9 Å². The van der Waals surface area contributed by atoms with E-state index in [1.165, 1.54) is 0 Å². The van der Waals surface area contributed by atoms with Crippen LogP contribution < -0.4 is 10.1 Å². The van der Waals surface area contributed by atoms with E-state index >= 15 is 0 Å². The van der Waals surface area contributed by atoms with Crippen molar-refractivity contribution in [2.45, 2.75) is 6.54 Å². The number of thioether (sulfide) groups is 1. The molecule has 2 aromatic carbocycles. The highest BCUT2D eigenvalue weighted by Crippen LogP contribution is 2.18. The first-order chi connectivity index (χ1) is 14.1. The van der Waals surface area contributed by atoms with Gasteiger partial charge in [0, 0.05) is 50.0 Å². The molecule has 0 saturated carbocycles. The minimum atomic E-state index is -0.280. The molecule has 3 rings (SSSR count). The monoisotopic (exact) mass is 413 g/mol. The average molecular weight is 413 g/mol. The molecule has 29 heavy (non-hydrogen) atoms. The molecule has 0 bridgehead atoms. The Labute approximate surface area is 174 Å². The van der Waals surface area contributed by atoms with Gasteiger partial charge in [-0.05, 0) is 17.7 Å². The molecule has 1 saturated heterocycles. The highest BCUT2D eigenvalue weighted by Gasteiger charge is 2.26. The van der Waals surface area contributed by atoms with E-state index in [1.54, 1.807) is 41.2 Å². The average Bonchev–Trinajstić information content (AvgIpc) is 2.78. The minimum absolute atomic E-state index is 0.166. The van der Waals surface area contributed by atoms with Gasteiger partial charge in [-0.1, -0.05) is 42.5 Å². The van der Waals surface area contributed by atoms with Crippen LogP contribution in [0.2, 0.25) is 0 Å². The van der Waals surface area contributed by atoms with Crippen molar-refractivity contribution in [1.29, 1.82) is 0 Å². The van der Waals surface area contributed by atoms with Crippen LogP contribution in [-0.4, -0.2) is 59.5 Å². The van der Waals surface area contributed by atoms with Gasteiger partial charge >= 0.3 is 6.03 Å². The highest BCUT2D eigenvalue weighted by molar-refractivity contribution is 8.26. The second-order valence-electron chi connectivity index (χ2n) is 6.50. The van der Waals surface area contributed by atoms with Gasteiger partial charge in [0.25, 0.3) is 5.24 Å². The highest BCUT2D eigenvalue weighted by atomic mass is 32.2. The van der Waals surface area contributed by atoms with Gasteiger partial charge in [0.15, 0.2) is 0 Å². The molecule has 1 fully saturated rings. The lowest BCUT2D eigenvalue weighted by Gasteiger charge is -2.34. The maximum atomic E-state index is 12.4. The summed E-state index contributed by atoms with van der Waals surface area (Å²) in [5, 5.41) is 2.34. The Balaban J connectivity index is 1.42. The zero-order valence-corrected chi connectivity index (χ0v) is 17.0. The number of nitrogens with one attached hydrogen (secondary N) is 1. The van der Waals surface area contributed by atoms with Crippen LogP contribution in [0, 0.1) is 0 Å². The number of benzene rings is 2. The standard InChI is InChI=1S/C21H23N3O4S/c1-28-18-9-7-16(8-10-18)15-22-20(26)23-11-13-24(14-12-23)21(27)29-19(25)17-5-3-2-4-6-17/h2-10H,11-15H2,1H3,(H,22,26). The summed E-state index contributed by atoms with van der Waals surface area (Å²) in [7, 11) is 1.61. The Bertz CT molecular complexity index is 850. The van der Waals surface area contributed by atoms with Gasteiger partial charge < -0.3 is 19.9 Å². The van der Waals surface area contributed by atoms with Crippen LogP contribution in [0.3, 0.4) is 0 Å². The topological polar surface area (TPSA) is 79.0 Å². The second kappa shape index (κ2) is 9.97. The van der Waals surface area contributed by atoms with Crippen molar-refractivity contribution in [2.24, 2.45) is 0 Å². The van der Waals surface area contributed by atoms with Gasteiger partial charge in [-0.25, -0.2) is 4.79 Å². The SMILES string of the molecule is COc1ccc(CNC(=O)N2CCN(C(=O)SC(=O)c3ccccc3)CC2)cc1. The van der Waals surface area contributed by atoms with Crippen molar-refractivity contribution >= 4 is 28.1 Å². The van der Waals surface area contributed by atoms with Crippen molar-refractivity contribution in [1.82, 2.24) is 15.1 Å². The van der Waals surface area contributed by atoms with Crippen molar-refractivity contribution in [3.8, 4) is 5.75 Å². The van der Waals surface area contributed by atoms with Crippen molar-refractivity contribution in [2.75, 3.05) is 33.3 Å². The molecule has 0 atom stereocenters. The fraction of sp³-hybridized carbons (Fsp3) is 0.286. The summed E-state index contributed by atoms with van der Waals surface area (Å²) in [4.78, 5) is 40.2. The molecule has 3 amide bonds. The first kappa shape index (κ1) is 20.7. The lowest BCUT2D eigenvalue weighted by Crippen LogP contribution is -2.52. The Hall–Kier alpha value is -3.00. The van der Waals surface area contributed by atoms with Crippen molar-refractivity contribution < 1.29 is 19.1 Å². The summed E-state index contributed by atoms with van der Waals surface area (Å²) in [6.07, 6.45) is 0. The Morgan fingerprint density at radius 1 is 0.931 bits per heavy atom. The van der Waals surface area contributed by atoms with Crippen LogP contribution >= 0.6 is 11.8 Å². The van der Waals surface area contributed by atoms with Gasteiger partial charge in [-0.2, -0.15) is 0 Å². The molecule has 7 nitrogen and oxygen atoms in total. The van der Waals surface area contributed by atoms with Gasteiger partial charge in [-0.15, -0.1) is 0 Å². The maximum Gasteiger partial charge on any atom is 0.317 e. The third-order valence-corrected chi connectivity index (χ3v) is 5.47. The molecule has 0 spiro atoms. The maximum absolute atomic E-state index is 12.4. The van der Waals surface area contributed by atoms with Crippen LogP contribution in [0.4, 0.5) is 9.59 Å². The van der Waals surface area contributed by atoms with Gasteiger partial charge in [0.2, 0.25) is 5.12 Å². The number of methoxy groups -OCH3 is 1. The number of nitrogens with zero attached hydrogens (tertiary/aromatic N) is 2. The number of ether oxygens (including phenoxy) is 1. The summed E-state index contributed by atoms with van der Waals surface area (Å²) in [5.41, 5.74) is 1.48. The number of amides is 3. The molecule has 1 N–H and O–H groups in total. The molecular weight excluding hydrogens is 390 g/mol. The van der Waals surface area contributed by atoms with Crippen molar-refractivity contribution in [3.63, 3.8) is 0 Å². The fourth-order valence-corrected chi connectivity index (χ4v) is 3.63. The third-order valence-electron chi connectivity index (χ3n) is 4.62. The first-order valence-corrected chi connectivity index (χ1v) is 10.1. The molecule has 1 aliphatic rings. The predicted molar refractivity (Wildman–Crippen MR) is 112 cm³/mol. The van der Waals surface area contributed by atoms with Gasteiger partial charge in [0.05, 0.1) is 7.11 Å². The Morgan fingerprint density at radius 2 is 1.55 bits per heavy atom. The Morgan fingerprint density at radius 3 is 2.17 bits per heavy atom. The fourth-order valence-electron chi connectivity index (χ4n) is 2.90. The van der Waals surface area contributed by atoms with E-state index in [9.17, 15) is 14.4 Å². The molecular formula is C21H23N3O4S. The van der Waals surface area contributed by atoms with Gasteiger partial charge in [0.1, 0.15) is 5.75 Å². The van der Waals surface area contributed by atoms with E-state index in [2.05, 4.69) is 5.32 Å². The van der Waals surface area contributed by atoms with Crippen molar-refractivity contribution in [3.05, 3.63) is 65.7 Å². The smallest absolute Gasteiger partial charge is 0.317 e. The zero-order valence-electron chi connectivity index (χ0n) is 16.2. The molecule has 152 valence electrons. The number of carbonyl (C=O) groups is 3. The molecule has 1 aliphatic heterocycles. The first-order valence-electron chi connectivity index (χ1n) is 9.28. The lowest BCUT2D eigenvalue weighted by atomic mass is 10.2. The molecule has 1 heterocycles. The van der Waals surface area contributed by atoms with E-state index in [0.29, 0.717) is 50.0 Å². The molecule has 0 aliphatic carbocycles. The summed E-state index contributed by atoms with van der Waals surface area (Å²) < 4.78 is 5.12. The quantitative estimate of drug-likeness (QED) is 0.833. The normalized spacial score (nSPS) is 13.7. The number of piperazine rings is 1. The number of rotatable bonds is 4. The van der Waals surface area contributed by atoms with Crippen LogP contribution in [0.25, 0.3) is 0 Å². The van der Waals surface area contributed by atoms with E-state index < -0.39 is 0 Å². The van der Waals surface area contributed by atoms with E-state index in [1.807, 2.05) is 30.3 Å². The van der Waals surface area contributed by atoms with E-state index in [-0.39, 0.29) is 16.4 Å². The van der Waals surface area contributed by atoms with Crippen LogP contribution in [0.5, 0.6) is 5.75 Å². The van der Waals surface area contributed by atoms with Crippen LogP contribution in [-0.2, 0) is 6.54 Å². The number of hydrogen-bond acceptors (Lipinski definition) is 5. The summed E-state index contributed by atoms with van der Waals surface area (Å²) >= 11 is 0.698. The molecule has 0 radical (unpaired) electrons. The minimum Gasteiger partial charge on any atom is -0.497 e. The summed E-state index contributed by atoms with van der Waals surface area (Å²) in [6.45, 7) is 2.09. The number of carbonyl (C=O) groups excluding carboxylic acids is 3. The zero-order chi connectivity index (χ0) is 20.6. The molecule has 2 aromatic rings. The van der Waals surface area contributed by atoms with E-state index in [4.69, 9.17) is 4.74 Å². The molecule has 0 aromatic heterocycles. The number of hydrogen-bond donors (Lipinski definition) is 1. The van der Waals surface area contributed by atoms with Crippen LogP contribution in [0.15, 0.2) is 54.6 Å². The Kier molecular flexibility index (Phi) is 7.13. The molecule has 0 unspecified atom stereocenters. The second-order valence-corrected chi connectivity index (χ2v) is 7.43. The summed E-state index contributed by atoms with van der Waals surface area (Å²) in [6, 6.07) is 16.1. The van der Waals surface area contributed by atoms with Gasteiger partial charge in [-0.3, -0.25) is 9.59 Å². The van der Waals surface area contributed by atoms with E-state index in [0.717, 1.165) is 11.3 Å². The molecule has 8 heteroatoms. The third kappa shape index (κ3) is 5.74. The lowest BCUT2D eigenvalue weighted by molar-refractivity contribution is 0.108. The summed E-state index contributed by atoms with van der Waals surface area (Å²) in [5.74, 6) is 0.768.